The number of H-pyrrole nitrogens is 2. The van der Waals surface area contributed by atoms with Crippen LogP contribution in [0.2, 0.25) is 0 Å². The molecule has 0 spiro atoms. The van der Waals surface area contributed by atoms with Crippen LogP contribution in [0.25, 0.3) is 42.2 Å². The number of unbranched alkanes of at least 4 members (excludes halogenated alkanes) is 16. The van der Waals surface area contributed by atoms with Gasteiger partial charge in [-0.05, 0) is 149 Å². The van der Waals surface area contributed by atoms with Crippen molar-refractivity contribution in [3.63, 3.8) is 0 Å². The van der Waals surface area contributed by atoms with Gasteiger partial charge >= 0.3 is 47.8 Å². The van der Waals surface area contributed by atoms with Crippen LogP contribution in [-0.2, 0) is 38.4 Å². The lowest BCUT2D eigenvalue weighted by Gasteiger charge is -2.09. The Morgan fingerprint density at radius 1 is 0.219 bits per heavy atom. The molecule has 0 aliphatic carbocycles. The third-order valence-corrected chi connectivity index (χ3v) is 24.4. The number of carboxylic acid groups (broad SMARTS) is 8. The summed E-state index contributed by atoms with van der Waals surface area (Å²) in [5.41, 5.74) is 1.80. The molecule has 3 aromatic heterocycles. The van der Waals surface area contributed by atoms with Gasteiger partial charge in [-0.1, -0.05) is 51.4 Å². The summed E-state index contributed by atoms with van der Waals surface area (Å²) >= 11 is 12.3. The topological polar surface area (TPSA) is 407 Å². The number of nitrogens with one attached hydrogen (secondary N) is 2. The zero-order chi connectivity index (χ0) is 69.5. The molecule has 3 aromatic rings. The summed E-state index contributed by atoms with van der Waals surface area (Å²) in [7, 11) is 0. The Bertz CT molecular complexity index is 3100. The van der Waals surface area contributed by atoms with Crippen LogP contribution in [0, 0.1) is 0 Å². The molecule has 2 aliphatic heterocycles. The zero-order valence-electron chi connectivity index (χ0n) is 54.1. The summed E-state index contributed by atoms with van der Waals surface area (Å²) in [6.45, 7) is 0. The minimum absolute atomic E-state index is 0.0286. The maximum atomic E-state index is 11.6. The number of hydrogen-bond donors (Lipinski definition) is 10. The van der Waals surface area contributed by atoms with Crippen molar-refractivity contribution < 1.29 is 79.2 Å². The van der Waals surface area contributed by atoms with Gasteiger partial charge in [0.05, 0.1) is 39.2 Å². The number of carbonyl (C=O) groups is 8. The molecular weight excluding hydrogens is 1390 g/mol. The van der Waals surface area contributed by atoms with Crippen molar-refractivity contribution in [1.29, 1.82) is 0 Å². The first-order valence-corrected chi connectivity index (χ1v) is 40.8. The van der Waals surface area contributed by atoms with E-state index in [4.69, 9.17) is 29.9 Å². The minimum Gasteiger partial charge on any atom is -0.481 e. The number of nitrogens with zero attached hydrogens (tertiary/aromatic N) is 6. The van der Waals surface area contributed by atoms with E-state index < -0.39 is 47.8 Å². The Kier molecular flexibility index (Phi) is 39.9. The summed E-state index contributed by atoms with van der Waals surface area (Å²) in [5, 5.41) is 75.8. The maximum absolute atomic E-state index is 11.6. The summed E-state index contributed by atoms with van der Waals surface area (Å²) in [6.07, 6.45) is 14.7. The predicted octanol–water partition coefficient (Wildman–Crippen LogP) is 16.0. The molecule has 10 N–H and O–H groups in total. The maximum Gasteiger partial charge on any atom is 0.303 e. The second-order valence-electron chi connectivity index (χ2n) is 22.7. The van der Waals surface area contributed by atoms with Crippen molar-refractivity contribution >= 4 is 184 Å². The van der Waals surface area contributed by atoms with Crippen molar-refractivity contribution in [3.05, 3.63) is 23.3 Å². The van der Waals surface area contributed by atoms with Crippen LogP contribution in [0.1, 0.15) is 229 Å². The van der Waals surface area contributed by atoms with E-state index in [-0.39, 0.29) is 51.4 Å². The number of aromatic amines is 2. The van der Waals surface area contributed by atoms with E-state index in [1.165, 1.54) is 47.0 Å². The summed E-state index contributed by atoms with van der Waals surface area (Å²) < 4.78 is 0. The molecular formula is C64H90N8O16S8. The standard InChI is InChI=1S/C64H90N8O16S8/c73-41(74)25-9-1-17-33-89-49-50(90-34-18-2-10-26-42(75)76)58-65-57(49)69-59-51(91-35-19-3-11-27-43(77)78)52(92-36-20-4-12-28-44(79)80)61(66-59)71-63-55(95-39-23-7-15-31-47(85)86)56(96-40-24-8-16-32-48(87)88)64(68-63)72-62-54(94-38-22-6-14-30-46(83)84)53(60(67-62)70-58)93-37-21-5-13-29-45(81)82/h1-40H2,(H,73,74)(H,75,76)(H,77,78)(H,79,80)(H,81,82)(H,83,84)(H,85,86)(H,87,88)(H2,65,66,67,68,69,70,71,72). The molecule has 24 nitrogen and oxygen atoms in total. The fourth-order valence-electron chi connectivity index (χ4n) is 9.62. The Hall–Kier alpha value is -5.12. The molecule has 32 heteroatoms. The lowest BCUT2D eigenvalue weighted by Crippen LogP contribution is -1.95. The van der Waals surface area contributed by atoms with E-state index in [9.17, 15) is 79.2 Å². The highest BCUT2D eigenvalue weighted by molar-refractivity contribution is 8.14. The number of carboxylic acids is 8. The van der Waals surface area contributed by atoms with Gasteiger partial charge in [-0.15, -0.1) is 94.1 Å². The smallest absolute Gasteiger partial charge is 0.303 e. The Morgan fingerprint density at radius 3 is 0.573 bits per heavy atom. The normalized spacial score (nSPS) is 12.2. The third kappa shape index (κ3) is 31.8. The first-order chi connectivity index (χ1) is 46.3. The van der Waals surface area contributed by atoms with Crippen molar-refractivity contribution in [2.75, 3.05) is 46.0 Å². The molecule has 0 atom stereocenters. The fourth-order valence-corrected chi connectivity index (χ4v) is 19.1. The quantitative estimate of drug-likeness (QED) is 0.0185. The van der Waals surface area contributed by atoms with Crippen molar-refractivity contribution in [2.24, 2.45) is 0 Å². The molecule has 0 aromatic carbocycles. The van der Waals surface area contributed by atoms with Crippen LogP contribution in [0.3, 0.4) is 0 Å². The molecule has 0 unspecified atom stereocenters. The van der Waals surface area contributed by atoms with Gasteiger partial charge in [0.25, 0.3) is 0 Å². The second-order valence-corrected chi connectivity index (χ2v) is 31.5. The van der Waals surface area contributed by atoms with Crippen molar-refractivity contribution in [2.45, 2.75) is 225 Å². The molecule has 5 heterocycles. The average molecular weight is 1480 g/mol. The second kappa shape index (κ2) is 47.0. The monoisotopic (exact) mass is 1480 g/mol. The molecule has 2 aliphatic rings. The van der Waals surface area contributed by atoms with Gasteiger partial charge in [0.15, 0.2) is 23.3 Å². The van der Waals surface area contributed by atoms with Crippen LogP contribution in [-0.4, -0.2) is 175 Å². The van der Waals surface area contributed by atoms with Gasteiger partial charge in [0.2, 0.25) is 0 Å². The van der Waals surface area contributed by atoms with Crippen LogP contribution >= 0.6 is 94.1 Å². The lowest BCUT2D eigenvalue weighted by atomic mass is 10.2. The largest absolute Gasteiger partial charge is 0.481 e. The number of aliphatic carboxylic acids is 8. The number of aromatic nitrogens is 8. The highest BCUT2D eigenvalue weighted by Crippen LogP contribution is 2.48. The Labute approximate surface area is 593 Å². The van der Waals surface area contributed by atoms with Crippen LogP contribution < -0.4 is 0 Å². The van der Waals surface area contributed by atoms with Gasteiger partial charge in [0.1, 0.15) is 22.6 Å². The van der Waals surface area contributed by atoms with Crippen LogP contribution in [0.5, 0.6) is 0 Å². The van der Waals surface area contributed by atoms with E-state index >= 15 is 0 Å². The van der Waals surface area contributed by atoms with Crippen LogP contribution in [0.15, 0.2) is 19.6 Å². The van der Waals surface area contributed by atoms with Crippen molar-refractivity contribution in [3.8, 4) is 0 Å². The van der Waals surface area contributed by atoms with Crippen LogP contribution in [0.4, 0.5) is 0 Å². The SMILES string of the molecule is O=C(O)CCCCCSC1=C(SCCCCCC(=O)O)c2nc1nc1nc(nc3[nH]c(nc4[nH]c(n2)c(SCCCCCC(=O)O)c4SCCCCCC(=O)O)c(SCCCCCC(=O)O)c3SCCCCCC(=O)O)C(SCCCCCC(=O)O)=C1SCCCCCC(=O)O. The van der Waals surface area contributed by atoms with Gasteiger partial charge in [-0.2, -0.15) is 0 Å². The average Bonchev–Trinajstić information content (AvgIpc) is 1.62. The van der Waals surface area contributed by atoms with Gasteiger partial charge in [-0.25, -0.2) is 29.9 Å². The van der Waals surface area contributed by atoms with E-state index in [1.54, 1.807) is 47.0 Å². The summed E-state index contributed by atoms with van der Waals surface area (Å²) in [5.74, 6) is -1.09. The zero-order valence-corrected chi connectivity index (χ0v) is 60.6. The first kappa shape index (κ1) is 81.6. The molecule has 5 rings (SSSR count). The molecule has 530 valence electrons. The van der Waals surface area contributed by atoms with E-state index in [2.05, 4.69) is 9.97 Å². The summed E-state index contributed by atoms with van der Waals surface area (Å²) in [6, 6.07) is 0. The molecule has 0 radical (unpaired) electrons. The third-order valence-electron chi connectivity index (χ3n) is 14.5. The van der Waals surface area contributed by atoms with Gasteiger partial charge in [0, 0.05) is 51.4 Å². The van der Waals surface area contributed by atoms with Gasteiger partial charge < -0.3 is 50.8 Å². The predicted molar refractivity (Wildman–Crippen MR) is 387 cm³/mol. The van der Waals surface area contributed by atoms with E-state index in [0.29, 0.717) is 256 Å². The number of rotatable bonds is 56. The molecule has 0 amide bonds. The number of fused-ring (bicyclic) bond motifs is 8. The molecule has 0 saturated heterocycles. The molecule has 0 saturated carbocycles. The van der Waals surface area contributed by atoms with Crippen molar-refractivity contribution in [1.82, 2.24) is 39.9 Å². The number of hydrogen-bond acceptors (Lipinski definition) is 22. The van der Waals surface area contributed by atoms with Gasteiger partial charge in [-0.3, -0.25) is 38.4 Å². The Balaban J connectivity index is 1.94. The minimum atomic E-state index is -0.878. The van der Waals surface area contributed by atoms with E-state index in [0.717, 1.165) is 29.4 Å². The highest BCUT2D eigenvalue weighted by Gasteiger charge is 2.30. The van der Waals surface area contributed by atoms with E-state index in [1.807, 2.05) is 0 Å². The Morgan fingerprint density at radius 2 is 0.385 bits per heavy atom. The molecule has 0 fully saturated rings. The number of thioether (sulfide) groups is 8. The highest BCUT2D eigenvalue weighted by atomic mass is 32.2. The molecule has 96 heavy (non-hydrogen) atoms. The molecule has 8 bridgehead atoms. The lowest BCUT2D eigenvalue weighted by molar-refractivity contribution is -0.138. The fraction of sp³-hybridized carbons (Fsp3) is 0.625. The summed E-state index contributed by atoms with van der Waals surface area (Å²) in [4.78, 5) is 138. The first-order valence-electron chi connectivity index (χ1n) is 32.9.